The van der Waals surface area contributed by atoms with Crippen molar-refractivity contribution >= 4 is 21.8 Å². The Morgan fingerprint density at radius 3 is 2.67 bits per heavy atom. The maximum atomic E-state index is 12.2. The molecule has 4 N–H and O–H groups in total. The highest BCUT2D eigenvalue weighted by molar-refractivity contribution is 7.90. The normalized spacial score (nSPS) is 21.7. The Balaban J connectivity index is 1.87. The number of rotatable bonds is 4. The van der Waals surface area contributed by atoms with Crippen LogP contribution in [0.5, 0.6) is 0 Å². The largest absolute Gasteiger partial charge is 0.357 e. The number of hydrogen-bond donors (Lipinski definition) is 3. The fourth-order valence-electron chi connectivity index (χ4n) is 3.61. The number of amidine groups is 1. The number of amides is 1. The summed E-state index contributed by atoms with van der Waals surface area (Å²) in [6.07, 6.45) is 4.96. The van der Waals surface area contributed by atoms with Crippen LogP contribution >= 0.6 is 0 Å². The molecule has 1 fully saturated rings. The number of hydrogen-bond acceptors (Lipinski definition) is 5. The quantitative estimate of drug-likeness (QED) is 0.427. The molecule has 2 aliphatic rings. The summed E-state index contributed by atoms with van der Waals surface area (Å²) in [5.41, 5.74) is 2.70. The van der Waals surface area contributed by atoms with Gasteiger partial charge in [-0.2, -0.15) is 8.42 Å². The molecule has 1 atom stereocenters. The molecule has 24 heavy (non-hydrogen) atoms. The zero-order valence-corrected chi connectivity index (χ0v) is 14.4. The lowest BCUT2D eigenvalue weighted by atomic mass is 9.82. The number of carbonyl (C=O) groups is 1. The van der Waals surface area contributed by atoms with Gasteiger partial charge in [-0.05, 0) is 36.8 Å². The lowest BCUT2D eigenvalue weighted by Crippen LogP contribution is -2.50. The summed E-state index contributed by atoms with van der Waals surface area (Å²) >= 11 is 0. The monoisotopic (exact) mass is 350 g/mol. The third-order valence-electron chi connectivity index (χ3n) is 4.91. The molecule has 0 spiro atoms. The first-order chi connectivity index (χ1) is 11.3. The van der Waals surface area contributed by atoms with Crippen molar-refractivity contribution in [3.05, 3.63) is 29.8 Å². The van der Waals surface area contributed by atoms with Crippen LogP contribution in [0.2, 0.25) is 0 Å². The minimum absolute atomic E-state index is 0.0434. The number of nitrogens with one attached hydrogen (secondary N) is 2. The summed E-state index contributed by atoms with van der Waals surface area (Å²) in [5, 5.41) is 3.01. The lowest BCUT2D eigenvalue weighted by Gasteiger charge is -2.29. The van der Waals surface area contributed by atoms with Crippen LogP contribution in [0.3, 0.4) is 0 Å². The molecular weight excluding hydrogens is 328 g/mol. The topological polar surface area (TPSA) is 114 Å². The Hall–Kier alpha value is -1.93. The smallest absolute Gasteiger partial charge is 0.285 e. The molecule has 8 heteroatoms. The van der Waals surface area contributed by atoms with Gasteiger partial charge in [0.1, 0.15) is 16.8 Å². The molecule has 1 saturated carbocycles. The molecule has 130 valence electrons. The third-order valence-corrected chi connectivity index (χ3v) is 6.24. The van der Waals surface area contributed by atoms with Crippen LogP contribution < -0.4 is 16.6 Å². The van der Waals surface area contributed by atoms with Crippen molar-refractivity contribution in [3.8, 4) is 0 Å². The van der Waals surface area contributed by atoms with Crippen molar-refractivity contribution in [2.24, 2.45) is 15.7 Å². The Morgan fingerprint density at radius 2 is 2.00 bits per heavy atom. The Kier molecular flexibility index (Phi) is 4.35. The summed E-state index contributed by atoms with van der Waals surface area (Å²) in [7, 11) is -3.71. The van der Waals surface area contributed by atoms with Gasteiger partial charge in [0.05, 0.1) is 0 Å². The van der Waals surface area contributed by atoms with Crippen LogP contribution in [0.25, 0.3) is 0 Å². The summed E-state index contributed by atoms with van der Waals surface area (Å²) < 4.78 is 28.1. The standard InChI is InChI=1S/C16H22N4O3S/c1-16(8-4-5-9-16)10-12(15(21)19-17)18-14-11-6-2-3-7-13(11)24(22,23)20-14/h2-3,6-7,12H,4-5,8-10,17H2,1H3,(H,18,20)(H,19,21)/t12-/m0/s1. The van der Waals surface area contributed by atoms with Crippen molar-refractivity contribution in [1.82, 2.24) is 10.7 Å². The molecule has 1 amide bonds. The SMILES string of the molecule is CC1(C[C@H](NC2=NS(=O)(=O)c3ccccc32)C(=O)NN)CCCC1. The average molecular weight is 350 g/mol. The lowest BCUT2D eigenvalue weighted by molar-refractivity contribution is -0.123. The van der Waals surface area contributed by atoms with Crippen molar-refractivity contribution in [2.75, 3.05) is 0 Å². The van der Waals surface area contributed by atoms with E-state index >= 15 is 0 Å². The highest BCUT2D eigenvalue weighted by Gasteiger charge is 2.36. The van der Waals surface area contributed by atoms with Gasteiger partial charge >= 0.3 is 0 Å². The molecular formula is C16H22N4O3S. The molecule has 3 rings (SSSR count). The second kappa shape index (κ2) is 6.18. The number of nitrogens with zero attached hydrogens (tertiary/aromatic N) is 1. The van der Waals surface area contributed by atoms with E-state index in [9.17, 15) is 13.2 Å². The molecule has 0 bridgehead atoms. The summed E-state index contributed by atoms with van der Waals surface area (Å²) in [4.78, 5) is 12.4. The highest BCUT2D eigenvalue weighted by Crippen LogP contribution is 2.41. The molecule has 1 aromatic carbocycles. The van der Waals surface area contributed by atoms with E-state index in [0.29, 0.717) is 12.0 Å². The first kappa shape index (κ1) is 16.9. The first-order valence-corrected chi connectivity index (χ1v) is 9.50. The molecule has 0 aromatic heterocycles. The number of hydrazine groups is 1. The summed E-state index contributed by atoms with van der Waals surface area (Å²) in [5.74, 6) is 5.16. The Labute approximate surface area is 141 Å². The van der Waals surface area contributed by atoms with Gasteiger partial charge < -0.3 is 5.32 Å². The molecule has 1 aliphatic heterocycles. The van der Waals surface area contributed by atoms with Gasteiger partial charge in [-0.25, -0.2) is 5.84 Å². The van der Waals surface area contributed by atoms with Gasteiger partial charge in [0, 0.05) is 5.56 Å². The van der Waals surface area contributed by atoms with Gasteiger partial charge in [0.15, 0.2) is 0 Å². The maximum Gasteiger partial charge on any atom is 0.285 e. The van der Waals surface area contributed by atoms with Gasteiger partial charge in [0.25, 0.3) is 15.9 Å². The van der Waals surface area contributed by atoms with Crippen LogP contribution in [-0.2, 0) is 14.8 Å². The molecule has 0 radical (unpaired) electrons. The van der Waals surface area contributed by atoms with Crippen molar-refractivity contribution < 1.29 is 13.2 Å². The van der Waals surface area contributed by atoms with E-state index in [1.165, 1.54) is 6.07 Å². The zero-order chi connectivity index (χ0) is 17.4. The average Bonchev–Trinajstić information content (AvgIpc) is 3.08. The van der Waals surface area contributed by atoms with Crippen LogP contribution in [0, 0.1) is 5.41 Å². The Morgan fingerprint density at radius 1 is 1.33 bits per heavy atom. The van der Waals surface area contributed by atoms with Crippen LogP contribution in [0.4, 0.5) is 0 Å². The zero-order valence-electron chi connectivity index (χ0n) is 13.6. The fraction of sp³-hybridized carbons (Fsp3) is 0.500. The van der Waals surface area contributed by atoms with E-state index in [2.05, 4.69) is 22.1 Å². The third kappa shape index (κ3) is 3.16. The van der Waals surface area contributed by atoms with Crippen LogP contribution in [0.15, 0.2) is 33.6 Å². The van der Waals surface area contributed by atoms with Gasteiger partial charge in [-0.3, -0.25) is 10.2 Å². The Bertz CT molecular complexity index is 782. The van der Waals surface area contributed by atoms with Gasteiger partial charge in [-0.15, -0.1) is 4.40 Å². The van der Waals surface area contributed by atoms with Crippen molar-refractivity contribution in [1.29, 1.82) is 0 Å². The maximum absolute atomic E-state index is 12.2. The van der Waals surface area contributed by atoms with E-state index < -0.39 is 16.1 Å². The molecule has 0 saturated heterocycles. The van der Waals surface area contributed by atoms with Crippen LogP contribution in [0.1, 0.15) is 44.6 Å². The number of fused-ring (bicyclic) bond motifs is 1. The number of nitrogens with two attached hydrogens (primary N) is 1. The molecule has 0 unspecified atom stereocenters. The molecule has 1 aliphatic carbocycles. The molecule has 1 heterocycles. The van der Waals surface area contributed by atoms with E-state index in [1.54, 1.807) is 18.2 Å². The predicted molar refractivity (Wildman–Crippen MR) is 90.6 cm³/mol. The van der Waals surface area contributed by atoms with E-state index in [1.807, 2.05) is 0 Å². The van der Waals surface area contributed by atoms with Gasteiger partial charge in [-0.1, -0.05) is 31.9 Å². The molecule has 1 aromatic rings. The fourth-order valence-corrected chi connectivity index (χ4v) is 4.79. The number of sulfonamides is 1. The predicted octanol–water partition coefficient (Wildman–Crippen LogP) is 1.05. The van der Waals surface area contributed by atoms with Crippen molar-refractivity contribution in [2.45, 2.75) is 50.0 Å². The number of benzene rings is 1. The minimum atomic E-state index is -3.71. The first-order valence-electron chi connectivity index (χ1n) is 8.06. The second-order valence-electron chi connectivity index (χ2n) is 6.84. The van der Waals surface area contributed by atoms with E-state index in [0.717, 1.165) is 25.7 Å². The van der Waals surface area contributed by atoms with Crippen molar-refractivity contribution in [3.63, 3.8) is 0 Å². The summed E-state index contributed by atoms with van der Waals surface area (Å²) in [6, 6.07) is 5.96. The van der Waals surface area contributed by atoms with Gasteiger partial charge in [0.2, 0.25) is 0 Å². The van der Waals surface area contributed by atoms with E-state index in [-0.39, 0.29) is 22.1 Å². The molecule has 7 nitrogen and oxygen atoms in total. The second-order valence-corrected chi connectivity index (χ2v) is 8.41. The van der Waals surface area contributed by atoms with E-state index in [4.69, 9.17) is 5.84 Å². The highest BCUT2D eigenvalue weighted by atomic mass is 32.2. The minimum Gasteiger partial charge on any atom is -0.357 e. The summed E-state index contributed by atoms with van der Waals surface area (Å²) in [6.45, 7) is 2.15. The van der Waals surface area contributed by atoms with Crippen LogP contribution in [-0.4, -0.2) is 26.2 Å². The number of carbonyl (C=O) groups excluding carboxylic acids is 1.